The number of nitrogens with one attached hydrogen (secondary N) is 1. The number of benzene rings is 1. The summed E-state index contributed by atoms with van der Waals surface area (Å²) in [6.45, 7) is 8.30. The van der Waals surface area contributed by atoms with Crippen LogP contribution in [0.3, 0.4) is 0 Å². The van der Waals surface area contributed by atoms with Gasteiger partial charge in [0.15, 0.2) is 0 Å². The summed E-state index contributed by atoms with van der Waals surface area (Å²) in [6.07, 6.45) is 6.01. The standard InChI is InChI=1S/C23H34N2O3/c1-21(2)18-22(11-16-27-21,19-6-4-3-5-7-19)8-13-24-20(26)25-14-9-23(10-15-25)12-17-28-23/h3-7H,8-18H2,1-2H3,(H,24,26). The predicted octanol–water partition coefficient (Wildman–Crippen LogP) is 3.87. The molecule has 3 fully saturated rings. The quantitative estimate of drug-likeness (QED) is 0.855. The van der Waals surface area contributed by atoms with Gasteiger partial charge >= 0.3 is 6.03 Å². The molecule has 1 spiro atoms. The zero-order valence-corrected chi connectivity index (χ0v) is 17.3. The first-order valence-corrected chi connectivity index (χ1v) is 10.8. The van der Waals surface area contributed by atoms with Crippen molar-refractivity contribution in [3.05, 3.63) is 35.9 Å². The van der Waals surface area contributed by atoms with Crippen LogP contribution in [0, 0.1) is 0 Å². The smallest absolute Gasteiger partial charge is 0.317 e. The fraction of sp³-hybridized carbons (Fsp3) is 0.696. The Morgan fingerprint density at radius 3 is 2.32 bits per heavy atom. The van der Waals surface area contributed by atoms with Crippen LogP contribution in [-0.4, -0.2) is 55.0 Å². The monoisotopic (exact) mass is 386 g/mol. The van der Waals surface area contributed by atoms with Crippen molar-refractivity contribution in [2.75, 3.05) is 32.8 Å². The van der Waals surface area contributed by atoms with E-state index < -0.39 is 0 Å². The molecule has 1 aromatic carbocycles. The zero-order valence-electron chi connectivity index (χ0n) is 17.3. The molecule has 0 bridgehead atoms. The van der Waals surface area contributed by atoms with Crippen LogP contribution >= 0.6 is 0 Å². The number of nitrogens with zero attached hydrogens (tertiary/aromatic N) is 1. The summed E-state index contributed by atoms with van der Waals surface area (Å²) in [5.74, 6) is 0. The molecular formula is C23H34N2O3. The van der Waals surface area contributed by atoms with Gasteiger partial charge in [-0.15, -0.1) is 0 Å². The third kappa shape index (κ3) is 4.06. The second kappa shape index (κ2) is 7.68. The maximum atomic E-state index is 12.7. The molecule has 1 N–H and O–H groups in total. The molecule has 0 saturated carbocycles. The van der Waals surface area contributed by atoms with Crippen LogP contribution in [0.25, 0.3) is 0 Å². The Morgan fingerprint density at radius 2 is 1.71 bits per heavy atom. The highest BCUT2D eigenvalue weighted by molar-refractivity contribution is 5.74. The van der Waals surface area contributed by atoms with Crippen molar-refractivity contribution in [3.8, 4) is 0 Å². The van der Waals surface area contributed by atoms with E-state index in [1.807, 2.05) is 4.90 Å². The van der Waals surface area contributed by atoms with E-state index in [1.54, 1.807) is 0 Å². The van der Waals surface area contributed by atoms with Crippen LogP contribution in [0.2, 0.25) is 0 Å². The number of likely N-dealkylation sites (tertiary alicyclic amines) is 1. The number of hydrogen-bond donors (Lipinski definition) is 1. The maximum Gasteiger partial charge on any atom is 0.317 e. The fourth-order valence-electron chi connectivity index (χ4n) is 5.30. The predicted molar refractivity (Wildman–Crippen MR) is 110 cm³/mol. The number of piperidine rings is 1. The Balaban J connectivity index is 1.35. The van der Waals surface area contributed by atoms with Gasteiger partial charge in [-0.25, -0.2) is 4.79 Å². The molecular weight excluding hydrogens is 352 g/mol. The summed E-state index contributed by atoms with van der Waals surface area (Å²) in [6, 6.07) is 10.8. The lowest BCUT2D eigenvalue weighted by molar-refractivity contribution is -0.169. The summed E-state index contributed by atoms with van der Waals surface area (Å²) in [7, 11) is 0. The molecule has 1 aromatic rings. The normalized spacial score (nSPS) is 28.6. The molecule has 2 amide bonds. The van der Waals surface area contributed by atoms with Gasteiger partial charge in [0.05, 0.1) is 17.8 Å². The minimum atomic E-state index is -0.137. The fourth-order valence-corrected chi connectivity index (χ4v) is 5.30. The first kappa shape index (κ1) is 19.7. The van der Waals surface area contributed by atoms with Crippen LogP contribution in [-0.2, 0) is 14.9 Å². The summed E-state index contributed by atoms with van der Waals surface area (Å²) >= 11 is 0. The topological polar surface area (TPSA) is 50.8 Å². The van der Waals surface area contributed by atoms with Crippen molar-refractivity contribution in [1.82, 2.24) is 10.2 Å². The molecule has 154 valence electrons. The van der Waals surface area contributed by atoms with Crippen molar-refractivity contribution in [2.45, 2.75) is 69.0 Å². The number of urea groups is 1. The SMILES string of the molecule is CC1(C)CC(CCNC(=O)N2CCC3(CCO3)CC2)(c2ccccc2)CCO1. The van der Waals surface area contributed by atoms with E-state index in [4.69, 9.17) is 9.47 Å². The highest BCUT2D eigenvalue weighted by Gasteiger charge is 2.43. The van der Waals surface area contributed by atoms with Gasteiger partial charge in [-0.05, 0) is 57.9 Å². The van der Waals surface area contributed by atoms with Crippen LogP contribution < -0.4 is 5.32 Å². The van der Waals surface area contributed by atoms with Gasteiger partial charge in [-0.3, -0.25) is 0 Å². The Labute approximate surface area is 168 Å². The van der Waals surface area contributed by atoms with Crippen molar-refractivity contribution >= 4 is 6.03 Å². The Kier molecular flexibility index (Phi) is 5.41. The number of amides is 2. The average Bonchev–Trinajstić information content (AvgIpc) is 2.67. The number of rotatable bonds is 4. The lowest BCUT2D eigenvalue weighted by Crippen LogP contribution is -2.55. The number of ether oxygens (including phenoxy) is 2. The van der Waals surface area contributed by atoms with Gasteiger partial charge in [0.1, 0.15) is 0 Å². The molecule has 28 heavy (non-hydrogen) atoms. The van der Waals surface area contributed by atoms with Gasteiger partial charge in [-0.1, -0.05) is 30.3 Å². The molecule has 1 atom stereocenters. The maximum absolute atomic E-state index is 12.7. The van der Waals surface area contributed by atoms with Gasteiger partial charge < -0.3 is 19.7 Å². The molecule has 3 aliphatic rings. The van der Waals surface area contributed by atoms with Crippen LogP contribution in [0.5, 0.6) is 0 Å². The van der Waals surface area contributed by atoms with E-state index in [9.17, 15) is 4.79 Å². The van der Waals surface area contributed by atoms with E-state index in [-0.39, 0.29) is 22.6 Å². The molecule has 4 rings (SSSR count). The molecule has 1 unspecified atom stereocenters. The average molecular weight is 387 g/mol. The lowest BCUT2D eigenvalue weighted by Gasteiger charge is -2.47. The first-order valence-electron chi connectivity index (χ1n) is 10.8. The first-order chi connectivity index (χ1) is 13.4. The molecule has 5 heteroatoms. The third-order valence-electron chi connectivity index (χ3n) is 7.03. The van der Waals surface area contributed by atoms with Gasteiger partial charge in [-0.2, -0.15) is 0 Å². The largest absolute Gasteiger partial charge is 0.376 e. The molecule has 3 heterocycles. The van der Waals surface area contributed by atoms with E-state index in [0.717, 1.165) is 64.8 Å². The summed E-state index contributed by atoms with van der Waals surface area (Å²) < 4.78 is 11.8. The molecule has 5 nitrogen and oxygen atoms in total. The minimum absolute atomic E-state index is 0.0576. The summed E-state index contributed by atoms with van der Waals surface area (Å²) in [4.78, 5) is 14.6. The van der Waals surface area contributed by atoms with E-state index in [2.05, 4.69) is 49.5 Å². The second-order valence-corrected chi connectivity index (χ2v) is 9.43. The van der Waals surface area contributed by atoms with Crippen molar-refractivity contribution in [3.63, 3.8) is 0 Å². The van der Waals surface area contributed by atoms with Crippen LogP contribution in [0.15, 0.2) is 30.3 Å². The second-order valence-electron chi connectivity index (χ2n) is 9.43. The highest BCUT2D eigenvalue weighted by Crippen LogP contribution is 2.43. The van der Waals surface area contributed by atoms with E-state index in [1.165, 1.54) is 5.56 Å². The molecule has 0 aliphatic carbocycles. The van der Waals surface area contributed by atoms with Crippen molar-refractivity contribution < 1.29 is 14.3 Å². The summed E-state index contributed by atoms with van der Waals surface area (Å²) in [5, 5.41) is 3.19. The zero-order chi connectivity index (χ0) is 19.7. The van der Waals surface area contributed by atoms with Gasteiger partial charge in [0.2, 0.25) is 0 Å². The highest BCUT2D eigenvalue weighted by atomic mass is 16.5. The van der Waals surface area contributed by atoms with Crippen molar-refractivity contribution in [1.29, 1.82) is 0 Å². The molecule has 3 aliphatic heterocycles. The molecule has 0 radical (unpaired) electrons. The van der Waals surface area contributed by atoms with E-state index >= 15 is 0 Å². The van der Waals surface area contributed by atoms with Crippen LogP contribution in [0.1, 0.15) is 57.9 Å². The molecule has 0 aromatic heterocycles. The Bertz CT molecular complexity index is 676. The Morgan fingerprint density at radius 1 is 1.04 bits per heavy atom. The van der Waals surface area contributed by atoms with Gasteiger partial charge in [0.25, 0.3) is 0 Å². The summed E-state index contributed by atoms with van der Waals surface area (Å²) in [5.41, 5.74) is 1.37. The lowest BCUT2D eigenvalue weighted by atomic mass is 9.67. The number of carbonyl (C=O) groups excluding carboxylic acids is 1. The van der Waals surface area contributed by atoms with Crippen LogP contribution in [0.4, 0.5) is 4.79 Å². The van der Waals surface area contributed by atoms with Gasteiger partial charge in [0, 0.05) is 31.7 Å². The Hall–Kier alpha value is -1.59. The van der Waals surface area contributed by atoms with Crippen molar-refractivity contribution in [2.24, 2.45) is 0 Å². The number of hydrogen-bond acceptors (Lipinski definition) is 3. The number of carbonyl (C=O) groups is 1. The minimum Gasteiger partial charge on any atom is -0.376 e. The molecule has 3 saturated heterocycles. The third-order valence-corrected chi connectivity index (χ3v) is 7.03. The van der Waals surface area contributed by atoms with E-state index in [0.29, 0.717) is 6.54 Å².